The second-order valence-electron chi connectivity index (χ2n) is 3.27. The molecule has 0 fully saturated rings. The first-order valence-electron chi connectivity index (χ1n) is 4.85. The van der Waals surface area contributed by atoms with Crippen molar-refractivity contribution in [1.29, 1.82) is 0 Å². The molecule has 84 valence electrons. The minimum absolute atomic E-state index is 0.0353. The fourth-order valence-electron chi connectivity index (χ4n) is 1.29. The van der Waals surface area contributed by atoms with Crippen LogP contribution in [0.1, 0.15) is 32.6 Å². The summed E-state index contributed by atoms with van der Waals surface area (Å²) in [6, 6.07) is 0. The molecule has 0 aromatic carbocycles. The van der Waals surface area contributed by atoms with E-state index in [4.69, 9.17) is 10.4 Å². The molecule has 0 heterocycles. The van der Waals surface area contributed by atoms with Crippen molar-refractivity contribution in [3.8, 4) is 0 Å². The molecule has 0 aliphatic carbocycles. The zero-order chi connectivity index (χ0) is 11.0. The van der Waals surface area contributed by atoms with Crippen LogP contribution >= 0.6 is 0 Å². The summed E-state index contributed by atoms with van der Waals surface area (Å²) in [5, 5.41) is 17.2. The van der Waals surface area contributed by atoms with Crippen LogP contribution in [0.4, 0.5) is 0 Å². The number of rotatable bonds is 7. The Morgan fingerprint density at radius 3 is 2.50 bits per heavy atom. The molecule has 0 radical (unpaired) electrons. The summed E-state index contributed by atoms with van der Waals surface area (Å²) in [6.45, 7) is 1.97. The van der Waals surface area contributed by atoms with Crippen molar-refractivity contribution in [2.24, 2.45) is 5.92 Å². The predicted molar refractivity (Wildman–Crippen MR) is 49.9 cm³/mol. The Balaban J connectivity index is 3.91. The second kappa shape index (κ2) is 7.73. The van der Waals surface area contributed by atoms with Gasteiger partial charge in [-0.1, -0.05) is 31.4 Å². The van der Waals surface area contributed by atoms with Crippen molar-refractivity contribution in [1.82, 2.24) is 5.23 Å². The molecule has 2 N–H and O–H groups in total. The van der Waals surface area contributed by atoms with Crippen molar-refractivity contribution in [3.05, 3.63) is 0 Å². The zero-order valence-electron chi connectivity index (χ0n) is 8.77. The number of ether oxygens (including phenoxy) is 1. The van der Waals surface area contributed by atoms with E-state index in [1.165, 1.54) is 7.11 Å². The number of hydrogen-bond donors (Lipinski definition) is 2. The SMILES string of the molecule is CCCCCC(CN(O)O)C(=O)OC. The summed E-state index contributed by atoms with van der Waals surface area (Å²) < 4.78 is 4.56. The average Bonchev–Trinajstić information content (AvgIpc) is 2.15. The third-order valence-corrected chi connectivity index (χ3v) is 2.07. The minimum atomic E-state index is -0.457. The first kappa shape index (κ1) is 13.4. The van der Waals surface area contributed by atoms with Crippen LogP contribution in [0.3, 0.4) is 0 Å². The summed E-state index contributed by atoms with van der Waals surface area (Å²) in [6.07, 6.45) is 3.61. The molecule has 1 atom stereocenters. The van der Waals surface area contributed by atoms with E-state index in [9.17, 15) is 4.79 Å². The lowest BCUT2D eigenvalue weighted by atomic mass is 10.0. The number of hydroxylamine groups is 2. The molecular formula is C9H19NO4. The van der Waals surface area contributed by atoms with E-state index in [0.717, 1.165) is 19.3 Å². The van der Waals surface area contributed by atoms with Crippen LogP contribution in [0.5, 0.6) is 0 Å². The highest BCUT2D eigenvalue weighted by atomic mass is 16.8. The summed E-state index contributed by atoms with van der Waals surface area (Å²) in [4.78, 5) is 11.2. The zero-order valence-corrected chi connectivity index (χ0v) is 8.77. The normalized spacial score (nSPS) is 12.9. The van der Waals surface area contributed by atoms with Gasteiger partial charge in [0.15, 0.2) is 0 Å². The number of esters is 1. The summed E-state index contributed by atoms with van der Waals surface area (Å²) in [7, 11) is 1.30. The molecule has 0 bridgehead atoms. The van der Waals surface area contributed by atoms with E-state index in [-0.39, 0.29) is 11.8 Å². The highest BCUT2D eigenvalue weighted by molar-refractivity contribution is 5.72. The van der Waals surface area contributed by atoms with Crippen molar-refractivity contribution >= 4 is 5.97 Å². The molecule has 0 amide bonds. The second-order valence-corrected chi connectivity index (χ2v) is 3.27. The highest BCUT2D eigenvalue weighted by Crippen LogP contribution is 2.12. The van der Waals surface area contributed by atoms with Gasteiger partial charge in [-0.2, -0.15) is 0 Å². The lowest BCUT2D eigenvalue weighted by molar-refractivity contribution is -0.311. The van der Waals surface area contributed by atoms with Gasteiger partial charge >= 0.3 is 5.97 Å². The predicted octanol–water partition coefficient (Wildman–Crippen LogP) is 1.44. The van der Waals surface area contributed by atoms with Gasteiger partial charge in [0.1, 0.15) is 0 Å². The van der Waals surface area contributed by atoms with Crippen LogP contribution in [0, 0.1) is 5.92 Å². The maximum absolute atomic E-state index is 11.2. The quantitative estimate of drug-likeness (QED) is 0.374. The van der Waals surface area contributed by atoms with Gasteiger partial charge in [0.25, 0.3) is 0 Å². The lowest BCUT2D eigenvalue weighted by Crippen LogP contribution is -2.29. The monoisotopic (exact) mass is 205 g/mol. The van der Waals surface area contributed by atoms with Crippen molar-refractivity contribution in [2.45, 2.75) is 32.6 Å². The van der Waals surface area contributed by atoms with Crippen molar-refractivity contribution in [2.75, 3.05) is 13.7 Å². The van der Waals surface area contributed by atoms with Crippen LogP contribution in [-0.2, 0) is 9.53 Å². The largest absolute Gasteiger partial charge is 0.469 e. The van der Waals surface area contributed by atoms with E-state index in [1.807, 2.05) is 0 Å². The van der Waals surface area contributed by atoms with Crippen LogP contribution in [-0.4, -0.2) is 35.3 Å². The molecular weight excluding hydrogens is 186 g/mol. The molecule has 5 heteroatoms. The number of methoxy groups -OCH3 is 1. The highest BCUT2D eigenvalue weighted by Gasteiger charge is 2.20. The van der Waals surface area contributed by atoms with Crippen molar-refractivity contribution in [3.63, 3.8) is 0 Å². The molecule has 0 saturated heterocycles. The molecule has 0 rings (SSSR count). The van der Waals surface area contributed by atoms with Crippen LogP contribution in [0.15, 0.2) is 0 Å². The molecule has 14 heavy (non-hydrogen) atoms. The van der Waals surface area contributed by atoms with Gasteiger partial charge in [-0.3, -0.25) is 15.2 Å². The lowest BCUT2D eigenvalue weighted by Gasteiger charge is -2.16. The third-order valence-electron chi connectivity index (χ3n) is 2.07. The van der Waals surface area contributed by atoms with E-state index in [0.29, 0.717) is 6.42 Å². The van der Waals surface area contributed by atoms with Crippen LogP contribution < -0.4 is 0 Å². The third kappa shape index (κ3) is 5.90. The molecule has 0 saturated carbocycles. The smallest absolute Gasteiger partial charge is 0.310 e. The summed E-state index contributed by atoms with van der Waals surface area (Å²) in [5.41, 5.74) is 0. The van der Waals surface area contributed by atoms with E-state index in [1.54, 1.807) is 0 Å². The van der Waals surface area contributed by atoms with Gasteiger partial charge in [-0.05, 0) is 6.42 Å². The van der Waals surface area contributed by atoms with Gasteiger partial charge in [-0.15, -0.1) is 0 Å². The number of hydrogen-bond acceptors (Lipinski definition) is 5. The van der Waals surface area contributed by atoms with Gasteiger partial charge in [0.05, 0.1) is 19.6 Å². The van der Waals surface area contributed by atoms with Gasteiger partial charge < -0.3 is 4.74 Å². The van der Waals surface area contributed by atoms with Crippen LogP contribution in [0.25, 0.3) is 0 Å². The van der Waals surface area contributed by atoms with E-state index >= 15 is 0 Å². The Morgan fingerprint density at radius 1 is 1.43 bits per heavy atom. The van der Waals surface area contributed by atoms with Gasteiger partial charge in [-0.25, -0.2) is 0 Å². The van der Waals surface area contributed by atoms with Gasteiger partial charge in [0.2, 0.25) is 0 Å². The Labute approximate surface area is 84.2 Å². The standard InChI is InChI=1S/C9H19NO4/c1-3-4-5-6-8(7-10(12)13)9(11)14-2/h8,12-13H,3-7H2,1-2H3. The summed E-state index contributed by atoms with van der Waals surface area (Å²) in [5.74, 6) is -0.851. The topological polar surface area (TPSA) is 70.0 Å². The maximum atomic E-state index is 11.2. The Bertz CT molecular complexity index is 161. The molecule has 5 nitrogen and oxygen atoms in total. The van der Waals surface area contributed by atoms with Crippen molar-refractivity contribution < 1.29 is 19.9 Å². The van der Waals surface area contributed by atoms with E-state index < -0.39 is 11.9 Å². The Kier molecular flexibility index (Phi) is 7.37. The first-order valence-corrected chi connectivity index (χ1v) is 4.85. The number of nitrogens with zero attached hydrogens (tertiary/aromatic N) is 1. The molecule has 0 aromatic rings. The molecule has 0 spiro atoms. The molecule has 1 unspecified atom stereocenters. The molecule has 0 aliphatic rings. The number of carbonyl (C=O) groups is 1. The number of carbonyl (C=O) groups excluding carboxylic acids is 1. The first-order chi connectivity index (χ1) is 6.61. The average molecular weight is 205 g/mol. The van der Waals surface area contributed by atoms with Gasteiger partial charge in [0, 0.05) is 0 Å². The fraction of sp³-hybridized carbons (Fsp3) is 0.889. The summed E-state index contributed by atoms with van der Waals surface area (Å²) >= 11 is 0. The van der Waals surface area contributed by atoms with Crippen LogP contribution in [0.2, 0.25) is 0 Å². The number of unbranched alkanes of at least 4 members (excludes halogenated alkanes) is 2. The minimum Gasteiger partial charge on any atom is -0.469 e. The Hall–Kier alpha value is -0.650. The van der Waals surface area contributed by atoms with E-state index in [2.05, 4.69) is 11.7 Å². The fourth-order valence-corrected chi connectivity index (χ4v) is 1.29. The maximum Gasteiger partial charge on any atom is 0.310 e. The Morgan fingerprint density at radius 2 is 2.07 bits per heavy atom. The molecule has 0 aromatic heterocycles. The molecule has 0 aliphatic heterocycles.